The topological polar surface area (TPSA) is 68.3 Å². The molecular weight excluding hydrogens is 300 g/mol. The maximum absolute atomic E-state index is 11.9. The van der Waals surface area contributed by atoms with Crippen LogP contribution >= 0.6 is 15.9 Å². The molecule has 0 aliphatic rings. The third kappa shape index (κ3) is 3.80. The first-order valence-electron chi connectivity index (χ1n) is 5.46. The standard InChI is InChI=1S/C12H15BrN2O3/c1-7(2)10(12(17)18-3)15-11(16)9-5-4-8(13)6-14-9/h4-7,10H,1-3H3,(H,15,16). The molecule has 0 saturated carbocycles. The molecule has 0 saturated heterocycles. The molecule has 1 aromatic heterocycles. The van der Waals surface area contributed by atoms with Gasteiger partial charge in [-0.2, -0.15) is 0 Å². The van der Waals surface area contributed by atoms with Crippen molar-refractivity contribution in [2.24, 2.45) is 5.92 Å². The van der Waals surface area contributed by atoms with E-state index < -0.39 is 17.9 Å². The second-order valence-corrected chi connectivity index (χ2v) is 5.00. The van der Waals surface area contributed by atoms with Gasteiger partial charge in [-0.1, -0.05) is 13.8 Å². The number of hydrogen-bond donors (Lipinski definition) is 1. The normalized spacial score (nSPS) is 12.1. The van der Waals surface area contributed by atoms with Crippen molar-refractivity contribution in [3.63, 3.8) is 0 Å². The SMILES string of the molecule is COC(=O)C(NC(=O)c1ccc(Br)cn1)C(C)C. The van der Waals surface area contributed by atoms with Crippen LogP contribution in [0.5, 0.6) is 0 Å². The van der Waals surface area contributed by atoms with Crippen LogP contribution in [0.3, 0.4) is 0 Å². The number of pyridine rings is 1. The van der Waals surface area contributed by atoms with E-state index >= 15 is 0 Å². The van der Waals surface area contributed by atoms with E-state index in [4.69, 9.17) is 0 Å². The number of nitrogens with zero attached hydrogens (tertiary/aromatic N) is 1. The molecule has 1 rings (SSSR count). The predicted molar refractivity (Wildman–Crippen MR) is 70.0 cm³/mol. The molecule has 1 heterocycles. The van der Waals surface area contributed by atoms with E-state index in [-0.39, 0.29) is 11.6 Å². The van der Waals surface area contributed by atoms with E-state index in [9.17, 15) is 9.59 Å². The highest BCUT2D eigenvalue weighted by molar-refractivity contribution is 9.10. The van der Waals surface area contributed by atoms with Gasteiger partial charge in [0.2, 0.25) is 0 Å². The smallest absolute Gasteiger partial charge is 0.328 e. The minimum atomic E-state index is -0.673. The molecule has 0 radical (unpaired) electrons. The van der Waals surface area contributed by atoms with E-state index in [1.54, 1.807) is 12.1 Å². The summed E-state index contributed by atoms with van der Waals surface area (Å²) in [4.78, 5) is 27.4. The van der Waals surface area contributed by atoms with E-state index in [0.717, 1.165) is 4.47 Å². The Morgan fingerprint density at radius 3 is 2.50 bits per heavy atom. The van der Waals surface area contributed by atoms with Crippen LogP contribution in [0.1, 0.15) is 24.3 Å². The highest BCUT2D eigenvalue weighted by Gasteiger charge is 2.25. The zero-order valence-electron chi connectivity index (χ0n) is 10.4. The summed E-state index contributed by atoms with van der Waals surface area (Å²) < 4.78 is 5.43. The van der Waals surface area contributed by atoms with Crippen molar-refractivity contribution in [3.05, 3.63) is 28.5 Å². The average Bonchev–Trinajstić information content (AvgIpc) is 2.35. The molecule has 0 aromatic carbocycles. The second-order valence-electron chi connectivity index (χ2n) is 4.08. The second kappa shape index (κ2) is 6.49. The molecule has 18 heavy (non-hydrogen) atoms. The maximum atomic E-state index is 11.9. The molecule has 6 heteroatoms. The van der Waals surface area contributed by atoms with Crippen molar-refractivity contribution in [1.82, 2.24) is 10.3 Å². The molecule has 98 valence electrons. The molecule has 0 spiro atoms. The third-order valence-electron chi connectivity index (χ3n) is 2.37. The fraction of sp³-hybridized carbons (Fsp3) is 0.417. The Kier molecular flexibility index (Phi) is 5.27. The maximum Gasteiger partial charge on any atom is 0.328 e. The number of carbonyl (C=O) groups excluding carboxylic acids is 2. The van der Waals surface area contributed by atoms with Gasteiger partial charge >= 0.3 is 5.97 Å². The fourth-order valence-corrected chi connectivity index (χ4v) is 1.58. The monoisotopic (exact) mass is 314 g/mol. The number of halogens is 1. The lowest BCUT2D eigenvalue weighted by Gasteiger charge is -2.19. The van der Waals surface area contributed by atoms with Crippen molar-refractivity contribution in [1.29, 1.82) is 0 Å². The molecule has 0 bridgehead atoms. The minimum Gasteiger partial charge on any atom is -0.467 e. The van der Waals surface area contributed by atoms with Gasteiger partial charge in [-0.3, -0.25) is 4.79 Å². The Morgan fingerprint density at radius 2 is 2.06 bits per heavy atom. The summed E-state index contributed by atoms with van der Waals surface area (Å²) >= 11 is 3.23. The average molecular weight is 315 g/mol. The van der Waals surface area contributed by atoms with Gasteiger partial charge in [0.25, 0.3) is 5.91 Å². The molecule has 1 amide bonds. The Balaban J connectivity index is 2.78. The highest BCUT2D eigenvalue weighted by Crippen LogP contribution is 2.09. The van der Waals surface area contributed by atoms with E-state index in [0.29, 0.717) is 0 Å². The number of amides is 1. The summed E-state index contributed by atoms with van der Waals surface area (Å²) in [5, 5.41) is 2.61. The van der Waals surface area contributed by atoms with Crippen molar-refractivity contribution in [2.75, 3.05) is 7.11 Å². The van der Waals surface area contributed by atoms with Crippen LogP contribution in [0.2, 0.25) is 0 Å². The minimum absolute atomic E-state index is 0.0585. The summed E-state index contributed by atoms with van der Waals surface area (Å²) in [5.74, 6) is -0.918. The molecule has 0 aliphatic carbocycles. The van der Waals surface area contributed by atoms with E-state index in [1.807, 2.05) is 13.8 Å². The van der Waals surface area contributed by atoms with Crippen LogP contribution < -0.4 is 5.32 Å². The highest BCUT2D eigenvalue weighted by atomic mass is 79.9. The van der Waals surface area contributed by atoms with Crippen molar-refractivity contribution >= 4 is 27.8 Å². The fourth-order valence-electron chi connectivity index (χ4n) is 1.35. The summed E-state index contributed by atoms with van der Waals surface area (Å²) in [7, 11) is 1.29. The largest absolute Gasteiger partial charge is 0.467 e. The number of nitrogens with one attached hydrogen (secondary N) is 1. The summed E-state index contributed by atoms with van der Waals surface area (Å²) in [6.07, 6.45) is 1.53. The van der Waals surface area contributed by atoms with Gasteiger partial charge in [-0.15, -0.1) is 0 Å². The summed E-state index contributed by atoms with van der Waals surface area (Å²) in [6.45, 7) is 3.66. The lowest BCUT2D eigenvalue weighted by atomic mass is 10.0. The zero-order chi connectivity index (χ0) is 13.7. The number of methoxy groups -OCH3 is 1. The van der Waals surface area contributed by atoms with Crippen LogP contribution in [0.15, 0.2) is 22.8 Å². The number of esters is 1. The first-order valence-corrected chi connectivity index (χ1v) is 6.25. The first-order chi connectivity index (χ1) is 8.45. The van der Waals surface area contributed by atoms with Crippen LogP contribution in [0.4, 0.5) is 0 Å². The molecule has 1 aromatic rings. The Hall–Kier alpha value is -1.43. The molecule has 0 aliphatic heterocycles. The molecule has 1 unspecified atom stereocenters. The van der Waals surface area contributed by atoms with Crippen LogP contribution in [-0.2, 0) is 9.53 Å². The lowest BCUT2D eigenvalue weighted by molar-refractivity contribution is -0.144. The molecule has 1 N–H and O–H groups in total. The van der Waals surface area contributed by atoms with Crippen LogP contribution in [0, 0.1) is 5.92 Å². The Bertz CT molecular complexity index is 431. The number of aromatic nitrogens is 1. The number of ether oxygens (including phenoxy) is 1. The summed E-state index contributed by atoms with van der Waals surface area (Å²) in [6, 6.07) is 2.62. The lowest BCUT2D eigenvalue weighted by Crippen LogP contribution is -2.45. The van der Waals surface area contributed by atoms with Crippen molar-refractivity contribution in [3.8, 4) is 0 Å². The third-order valence-corrected chi connectivity index (χ3v) is 2.84. The summed E-state index contributed by atoms with van der Waals surface area (Å²) in [5.41, 5.74) is 0.257. The van der Waals surface area contributed by atoms with Crippen molar-refractivity contribution in [2.45, 2.75) is 19.9 Å². The van der Waals surface area contributed by atoms with Crippen molar-refractivity contribution < 1.29 is 14.3 Å². The van der Waals surface area contributed by atoms with Gasteiger partial charge < -0.3 is 10.1 Å². The zero-order valence-corrected chi connectivity index (χ0v) is 12.0. The van der Waals surface area contributed by atoms with Gasteiger partial charge in [-0.05, 0) is 34.0 Å². The van der Waals surface area contributed by atoms with Crippen LogP contribution in [-0.4, -0.2) is 30.0 Å². The van der Waals surface area contributed by atoms with Crippen LogP contribution in [0.25, 0.3) is 0 Å². The van der Waals surface area contributed by atoms with Gasteiger partial charge in [0.1, 0.15) is 11.7 Å². The quantitative estimate of drug-likeness (QED) is 0.860. The van der Waals surface area contributed by atoms with Gasteiger partial charge in [0, 0.05) is 10.7 Å². The van der Waals surface area contributed by atoms with E-state index in [1.165, 1.54) is 13.3 Å². The number of carbonyl (C=O) groups is 2. The molecular formula is C12H15BrN2O3. The molecule has 0 fully saturated rings. The Labute approximate surface area is 114 Å². The molecule has 5 nitrogen and oxygen atoms in total. The van der Waals surface area contributed by atoms with Gasteiger partial charge in [0.15, 0.2) is 0 Å². The Morgan fingerprint density at radius 1 is 1.39 bits per heavy atom. The molecule has 1 atom stereocenters. The van der Waals surface area contributed by atoms with E-state index in [2.05, 4.69) is 31.0 Å². The van der Waals surface area contributed by atoms with Gasteiger partial charge in [0.05, 0.1) is 7.11 Å². The number of rotatable bonds is 4. The first kappa shape index (κ1) is 14.6. The van der Waals surface area contributed by atoms with Gasteiger partial charge in [-0.25, -0.2) is 9.78 Å². The number of hydrogen-bond acceptors (Lipinski definition) is 4. The predicted octanol–water partition coefficient (Wildman–Crippen LogP) is 1.77.